The molecule has 0 fully saturated rings. The molecule has 0 bridgehead atoms. The molecule has 3 rings (SSSR count). The van der Waals surface area contributed by atoms with Gasteiger partial charge in [-0.1, -0.05) is 49.4 Å². The molecule has 1 aliphatic rings. The number of rotatable bonds is 8. The number of aliphatic hydroxyl groups excluding tert-OH is 1. The van der Waals surface area contributed by atoms with Crippen LogP contribution >= 0.6 is 0 Å². The third-order valence-corrected chi connectivity index (χ3v) is 4.70. The van der Waals surface area contributed by atoms with Crippen molar-refractivity contribution in [3.05, 3.63) is 65.7 Å². The van der Waals surface area contributed by atoms with E-state index in [2.05, 4.69) is 36.1 Å². The Bertz CT molecular complexity index is 768. The molecule has 130 valence electrons. The number of ketones is 1. The van der Waals surface area contributed by atoms with Crippen molar-refractivity contribution in [2.75, 3.05) is 19.6 Å². The van der Waals surface area contributed by atoms with E-state index in [4.69, 9.17) is 0 Å². The third-order valence-electron chi connectivity index (χ3n) is 4.70. The molecule has 1 heterocycles. The van der Waals surface area contributed by atoms with Crippen molar-refractivity contribution in [1.82, 2.24) is 4.90 Å². The predicted octanol–water partition coefficient (Wildman–Crippen LogP) is 3.79. The van der Waals surface area contributed by atoms with E-state index in [0.717, 1.165) is 38.2 Å². The summed E-state index contributed by atoms with van der Waals surface area (Å²) >= 11 is 0. The third kappa shape index (κ3) is 3.97. The molecule has 0 saturated heterocycles. The number of nitrogens with zero attached hydrogens (tertiary/aromatic N) is 2. The molecule has 1 N–H and O–H groups in total. The molecule has 0 aromatic heterocycles. The molecule has 0 unspecified atom stereocenters. The van der Waals surface area contributed by atoms with Gasteiger partial charge >= 0.3 is 11.7 Å². The van der Waals surface area contributed by atoms with E-state index in [1.165, 1.54) is 5.56 Å². The van der Waals surface area contributed by atoms with Crippen LogP contribution in [-0.4, -0.2) is 45.9 Å². The van der Waals surface area contributed by atoms with Crippen molar-refractivity contribution < 1.29 is 14.5 Å². The summed E-state index contributed by atoms with van der Waals surface area (Å²) in [5.74, 6) is -0.410. The first kappa shape index (κ1) is 17.4. The van der Waals surface area contributed by atoms with Gasteiger partial charge in [-0.15, -0.1) is 0 Å². The number of Topliss-reactive ketones (excluding diaryl/α,β-unsaturated/α-hetero) is 1. The Kier molecular flexibility index (Phi) is 5.61. The van der Waals surface area contributed by atoms with Crippen molar-refractivity contribution in [3.63, 3.8) is 0 Å². The molecule has 25 heavy (non-hydrogen) atoms. The lowest BCUT2D eigenvalue weighted by Crippen LogP contribution is -2.25. The molecule has 4 heteroatoms. The highest BCUT2D eigenvalue weighted by Gasteiger charge is 2.37. The minimum Gasteiger partial charge on any atom is -0.457 e. The highest BCUT2D eigenvalue weighted by Crippen LogP contribution is 2.25. The van der Waals surface area contributed by atoms with Gasteiger partial charge in [0.15, 0.2) is 6.54 Å². The molecule has 0 amide bonds. The van der Waals surface area contributed by atoms with Crippen molar-refractivity contribution >= 4 is 17.4 Å². The molecule has 1 aliphatic heterocycles. The average Bonchev–Trinajstić information content (AvgIpc) is 2.90. The molecular formula is C21H25N2O2+. The topological polar surface area (TPSA) is 43.5 Å². The minimum absolute atomic E-state index is 0.141. The van der Waals surface area contributed by atoms with Gasteiger partial charge in [-0.2, -0.15) is 4.58 Å². The zero-order valence-corrected chi connectivity index (χ0v) is 14.7. The lowest BCUT2D eigenvalue weighted by molar-refractivity contribution is -0.446. The Labute approximate surface area is 149 Å². The highest BCUT2D eigenvalue weighted by molar-refractivity contribution is 6.43. The fourth-order valence-electron chi connectivity index (χ4n) is 3.28. The number of hydrogen-bond acceptors (Lipinski definition) is 2. The van der Waals surface area contributed by atoms with Crippen LogP contribution in [0.5, 0.6) is 0 Å². The van der Waals surface area contributed by atoms with E-state index in [9.17, 15) is 9.90 Å². The van der Waals surface area contributed by atoms with Gasteiger partial charge in [-0.25, -0.2) is 0 Å². The molecule has 0 radical (unpaired) electrons. The van der Waals surface area contributed by atoms with Crippen LogP contribution in [0.25, 0.3) is 0 Å². The molecule has 4 nitrogen and oxygen atoms in total. The van der Waals surface area contributed by atoms with E-state index in [0.29, 0.717) is 12.1 Å². The van der Waals surface area contributed by atoms with Crippen LogP contribution in [0.4, 0.5) is 5.69 Å². The molecule has 0 saturated carbocycles. The van der Waals surface area contributed by atoms with Crippen LogP contribution in [-0.2, 0) is 6.54 Å². The number of fused-ring (bicyclic) bond motifs is 1. The lowest BCUT2D eigenvalue weighted by atomic mass is 10.1. The SMILES string of the molecule is CCN(CCCC[N+]1=C(O)C(=O)c2ccccc21)Cc1ccccc1. The van der Waals surface area contributed by atoms with Crippen LogP contribution in [0.1, 0.15) is 35.7 Å². The molecular weight excluding hydrogens is 312 g/mol. The summed E-state index contributed by atoms with van der Waals surface area (Å²) in [6.07, 6.45) is 1.96. The summed E-state index contributed by atoms with van der Waals surface area (Å²) in [7, 11) is 0. The number of aliphatic hydroxyl groups is 1. The van der Waals surface area contributed by atoms with Gasteiger partial charge in [0.2, 0.25) is 5.69 Å². The maximum Gasteiger partial charge on any atom is 0.415 e. The van der Waals surface area contributed by atoms with E-state index in [1.54, 1.807) is 10.6 Å². The highest BCUT2D eigenvalue weighted by atomic mass is 16.3. The van der Waals surface area contributed by atoms with Crippen molar-refractivity contribution in [2.24, 2.45) is 0 Å². The van der Waals surface area contributed by atoms with E-state index in [-0.39, 0.29) is 11.7 Å². The monoisotopic (exact) mass is 337 g/mol. The zero-order chi connectivity index (χ0) is 17.6. The number of carbonyl (C=O) groups excluding carboxylic acids is 1. The van der Waals surface area contributed by atoms with Crippen molar-refractivity contribution in [3.8, 4) is 0 Å². The predicted molar refractivity (Wildman–Crippen MR) is 99.8 cm³/mol. The Morgan fingerprint density at radius 2 is 1.72 bits per heavy atom. The first-order chi connectivity index (χ1) is 12.2. The van der Waals surface area contributed by atoms with Crippen LogP contribution in [0.3, 0.4) is 0 Å². The summed E-state index contributed by atoms with van der Waals surface area (Å²) in [5, 5.41) is 10.1. The summed E-state index contributed by atoms with van der Waals surface area (Å²) in [4.78, 5) is 14.5. The number of benzene rings is 2. The lowest BCUT2D eigenvalue weighted by Gasteiger charge is -2.20. The van der Waals surface area contributed by atoms with Crippen molar-refractivity contribution in [1.29, 1.82) is 0 Å². The molecule has 0 aliphatic carbocycles. The van der Waals surface area contributed by atoms with Crippen LogP contribution < -0.4 is 0 Å². The maximum atomic E-state index is 12.1. The summed E-state index contributed by atoms with van der Waals surface area (Å²) in [6, 6.07) is 17.9. The van der Waals surface area contributed by atoms with Gasteiger partial charge in [0.1, 0.15) is 5.56 Å². The summed E-state index contributed by atoms with van der Waals surface area (Å²) in [6.45, 7) is 5.82. The molecule has 0 spiro atoms. The van der Waals surface area contributed by atoms with E-state index >= 15 is 0 Å². The second-order valence-corrected chi connectivity index (χ2v) is 6.38. The van der Waals surface area contributed by atoms with E-state index in [1.807, 2.05) is 24.3 Å². The average molecular weight is 337 g/mol. The largest absolute Gasteiger partial charge is 0.457 e. The van der Waals surface area contributed by atoms with Gasteiger partial charge < -0.3 is 5.11 Å². The van der Waals surface area contributed by atoms with Crippen LogP contribution in [0, 0.1) is 0 Å². The molecule has 0 atom stereocenters. The van der Waals surface area contributed by atoms with Gasteiger partial charge in [0.25, 0.3) is 0 Å². The second-order valence-electron chi connectivity index (χ2n) is 6.38. The quantitative estimate of drug-likeness (QED) is 0.589. The minimum atomic E-state index is -0.269. The first-order valence-electron chi connectivity index (χ1n) is 8.94. The first-order valence-corrected chi connectivity index (χ1v) is 8.94. The maximum absolute atomic E-state index is 12.1. The van der Waals surface area contributed by atoms with Crippen LogP contribution in [0.15, 0.2) is 54.6 Å². The van der Waals surface area contributed by atoms with Gasteiger partial charge in [0.05, 0.1) is 0 Å². The number of unbranched alkanes of at least 4 members (excludes halogenated alkanes) is 1. The summed E-state index contributed by atoms with van der Waals surface area (Å²) < 4.78 is 1.74. The Hall–Kier alpha value is -2.46. The Balaban J connectivity index is 1.52. The normalized spacial score (nSPS) is 13.6. The fraction of sp³-hybridized carbons (Fsp3) is 0.333. The second kappa shape index (κ2) is 8.08. The van der Waals surface area contributed by atoms with E-state index < -0.39 is 0 Å². The smallest absolute Gasteiger partial charge is 0.415 e. The number of carbonyl (C=O) groups is 1. The molecule has 2 aromatic rings. The summed E-state index contributed by atoms with van der Waals surface area (Å²) in [5.41, 5.74) is 2.75. The van der Waals surface area contributed by atoms with Gasteiger partial charge in [-0.3, -0.25) is 9.69 Å². The van der Waals surface area contributed by atoms with Crippen molar-refractivity contribution in [2.45, 2.75) is 26.3 Å². The molecule has 2 aromatic carbocycles. The zero-order valence-electron chi connectivity index (χ0n) is 14.7. The number of para-hydroxylation sites is 1. The van der Waals surface area contributed by atoms with Gasteiger partial charge in [0, 0.05) is 19.0 Å². The fourth-order valence-corrected chi connectivity index (χ4v) is 3.28. The Morgan fingerprint density at radius 1 is 1.00 bits per heavy atom. The van der Waals surface area contributed by atoms with Crippen LogP contribution in [0.2, 0.25) is 0 Å². The Morgan fingerprint density at radius 3 is 2.48 bits per heavy atom. The number of hydrogen-bond donors (Lipinski definition) is 1. The van der Waals surface area contributed by atoms with Gasteiger partial charge in [-0.05, 0) is 31.1 Å². The standard InChI is InChI=1S/C21H24N2O2/c1-2-22(16-17-10-4-3-5-11-17)14-8-9-15-23-19-13-7-6-12-18(19)20(24)21(23)25/h3-7,10-13H,2,8-9,14-16H2,1H3/p+1.